The van der Waals surface area contributed by atoms with Crippen molar-refractivity contribution < 1.29 is 24.1 Å². The number of aromatic carboxylic acids is 1. The molecule has 0 aliphatic heterocycles. The van der Waals surface area contributed by atoms with E-state index in [-0.39, 0.29) is 12.2 Å². The maximum Gasteiger partial charge on any atom is 0.339 e. The van der Waals surface area contributed by atoms with E-state index in [2.05, 4.69) is 15.9 Å². The first-order valence-electron chi connectivity index (χ1n) is 7.12. The first-order valence-corrected chi connectivity index (χ1v) is 7.91. The third kappa shape index (κ3) is 4.89. The third-order valence-corrected chi connectivity index (χ3v) is 3.55. The summed E-state index contributed by atoms with van der Waals surface area (Å²) in [5.41, 5.74) is 0.134. The molecule has 0 aliphatic rings. The highest BCUT2D eigenvalue weighted by Crippen LogP contribution is 2.29. The SMILES string of the molecule is CCOc1ccc(OCCOc2ccccc2C(=O)O)c(Br)c1. The molecule has 6 heteroatoms. The Morgan fingerprint density at radius 2 is 1.74 bits per heavy atom. The van der Waals surface area contributed by atoms with Crippen LogP contribution in [0.3, 0.4) is 0 Å². The van der Waals surface area contributed by atoms with Crippen molar-refractivity contribution in [3.05, 3.63) is 52.5 Å². The summed E-state index contributed by atoms with van der Waals surface area (Å²) in [6.07, 6.45) is 0. The second kappa shape index (κ2) is 8.43. The molecule has 0 atom stereocenters. The number of benzene rings is 2. The molecule has 0 bridgehead atoms. The lowest BCUT2D eigenvalue weighted by Gasteiger charge is -2.12. The second-order valence-electron chi connectivity index (χ2n) is 4.52. The summed E-state index contributed by atoms with van der Waals surface area (Å²) in [6, 6.07) is 12.0. The minimum atomic E-state index is -1.02. The monoisotopic (exact) mass is 380 g/mol. The van der Waals surface area contributed by atoms with Gasteiger partial charge in [0.15, 0.2) is 0 Å². The van der Waals surface area contributed by atoms with E-state index in [1.807, 2.05) is 19.1 Å². The van der Waals surface area contributed by atoms with Crippen molar-refractivity contribution in [1.82, 2.24) is 0 Å². The lowest BCUT2D eigenvalue weighted by atomic mass is 10.2. The molecule has 2 aromatic rings. The predicted molar refractivity (Wildman–Crippen MR) is 89.7 cm³/mol. The van der Waals surface area contributed by atoms with Crippen LogP contribution >= 0.6 is 15.9 Å². The molecule has 0 saturated carbocycles. The van der Waals surface area contributed by atoms with Gasteiger partial charge in [-0.1, -0.05) is 12.1 Å². The van der Waals surface area contributed by atoms with Gasteiger partial charge in [0.25, 0.3) is 0 Å². The minimum Gasteiger partial charge on any atom is -0.494 e. The summed E-state index contributed by atoms with van der Waals surface area (Å²) >= 11 is 3.42. The molecular formula is C17H17BrO5. The molecule has 0 radical (unpaired) electrons. The number of carboxylic acid groups (broad SMARTS) is 1. The highest BCUT2D eigenvalue weighted by Gasteiger charge is 2.10. The van der Waals surface area contributed by atoms with E-state index in [9.17, 15) is 4.79 Å². The number of ether oxygens (including phenoxy) is 3. The fourth-order valence-corrected chi connectivity index (χ4v) is 2.40. The molecule has 2 aromatic carbocycles. The van der Waals surface area contributed by atoms with Crippen molar-refractivity contribution in [1.29, 1.82) is 0 Å². The van der Waals surface area contributed by atoms with Gasteiger partial charge in [0.1, 0.15) is 36.0 Å². The van der Waals surface area contributed by atoms with Crippen LogP contribution in [-0.4, -0.2) is 30.9 Å². The van der Waals surface area contributed by atoms with Crippen molar-refractivity contribution in [2.45, 2.75) is 6.92 Å². The summed E-state index contributed by atoms with van der Waals surface area (Å²) in [5.74, 6) is 0.743. The number of carboxylic acids is 1. The summed E-state index contributed by atoms with van der Waals surface area (Å²) in [6.45, 7) is 3.05. The van der Waals surface area contributed by atoms with E-state index in [1.165, 1.54) is 6.07 Å². The van der Waals surface area contributed by atoms with Gasteiger partial charge in [0.2, 0.25) is 0 Å². The van der Waals surface area contributed by atoms with E-state index < -0.39 is 5.97 Å². The number of para-hydroxylation sites is 1. The summed E-state index contributed by atoms with van der Waals surface area (Å²) in [4.78, 5) is 11.1. The van der Waals surface area contributed by atoms with Crippen molar-refractivity contribution in [2.24, 2.45) is 0 Å². The molecule has 2 rings (SSSR count). The molecule has 23 heavy (non-hydrogen) atoms. The van der Waals surface area contributed by atoms with Gasteiger partial charge in [-0.25, -0.2) is 4.79 Å². The number of halogens is 1. The zero-order chi connectivity index (χ0) is 16.7. The van der Waals surface area contributed by atoms with Gasteiger partial charge in [0.05, 0.1) is 11.1 Å². The zero-order valence-electron chi connectivity index (χ0n) is 12.6. The highest BCUT2D eigenvalue weighted by atomic mass is 79.9. The normalized spacial score (nSPS) is 10.2. The zero-order valence-corrected chi connectivity index (χ0v) is 14.2. The van der Waals surface area contributed by atoms with Crippen LogP contribution in [0.1, 0.15) is 17.3 Å². The van der Waals surface area contributed by atoms with Gasteiger partial charge in [-0.05, 0) is 53.2 Å². The molecule has 0 unspecified atom stereocenters. The van der Waals surface area contributed by atoms with Crippen molar-refractivity contribution in [3.63, 3.8) is 0 Å². The van der Waals surface area contributed by atoms with Crippen molar-refractivity contribution >= 4 is 21.9 Å². The van der Waals surface area contributed by atoms with Crippen LogP contribution in [-0.2, 0) is 0 Å². The van der Waals surface area contributed by atoms with Crippen molar-refractivity contribution in [3.8, 4) is 17.2 Å². The average Bonchev–Trinajstić information content (AvgIpc) is 2.53. The van der Waals surface area contributed by atoms with Crippen LogP contribution in [0.25, 0.3) is 0 Å². The van der Waals surface area contributed by atoms with Crippen LogP contribution < -0.4 is 14.2 Å². The highest BCUT2D eigenvalue weighted by molar-refractivity contribution is 9.10. The van der Waals surface area contributed by atoms with Gasteiger partial charge < -0.3 is 19.3 Å². The Hall–Kier alpha value is -2.21. The fourth-order valence-electron chi connectivity index (χ4n) is 1.93. The molecule has 0 fully saturated rings. The molecule has 0 amide bonds. The molecule has 122 valence electrons. The quantitative estimate of drug-likeness (QED) is 0.701. The van der Waals surface area contributed by atoms with Gasteiger partial charge >= 0.3 is 5.97 Å². The van der Waals surface area contributed by atoms with E-state index in [0.29, 0.717) is 24.7 Å². The topological polar surface area (TPSA) is 65.0 Å². The van der Waals surface area contributed by atoms with Crippen LogP contribution in [0, 0.1) is 0 Å². The van der Waals surface area contributed by atoms with E-state index in [0.717, 1.165) is 10.2 Å². The Balaban J connectivity index is 1.87. The maximum absolute atomic E-state index is 11.1. The Morgan fingerprint density at radius 3 is 2.39 bits per heavy atom. The molecule has 0 aliphatic carbocycles. The standard InChI is InChI=1S/C17H17BrO5/c1-2-21-12-7-8-16(14(18)11-12)23-10-9-22-15-6-4-3-5-13(15)17(19)20/h3-8,11H,2,9-10H2,1H3,(H,19,20). The maximum atomic E-state index is 11.1. The predicted octanol–water partition coefficient (Wildman–Crippen LogP) is 4.00. The number of hydrogen-bond acceptors (Lipinski definition) is 4. The van der Waals surface area contributed by atoms with Crippen molar-refractivity contribution in [2.75, 3.05) is 19.8 Å². The molecular weight excluding hydrogens is 364 g/mol. The Bertz CT molecular complexity index is 672. The summed E-state index contributed by atoms with van der Waals surface area (Å²) in [7, 11) is 0. The molecule has 0 aromatic heterocycles. The Kier molecular flexibility index (Phi) is 6.29. The first kappa shape index (κ1) is 17.1. The lowest BCUT2D eigenvalue weighted by Crippen LogP contribution is -2.11. The van der Waals surface area contributed by atoms with Gasteiger partial charge in [0, 0.05) is 0 Å². The molecule has 5 nitrogen and oxygen atoms in total. The number of rotatable bonds is 8. The van der Waals surface area contributed by atoms with Crippen LogP contribution in [0.2, 0.25) is 0 Å². The summed E-state index contributed by atoms with van der Waals surface area (Å²) in [5, 5.41) is 9.08. The Labute approximate surface area is 142 Å². The third-order valence-electron chi connectivity index (χ3n) is 2.93. The lowest BCUT2D eigenvalue weighted by molar-refractivity contribution is 0.0691. The van der Waals surface area contributed by atoms with Gasteiger partial charge in [-0.15, -0.1) is 0 Å². The largest absolute Gasteiger partial charge is 0.494 e. The number of carbonyl (C=O) groups is 1. The molecule has 1 N–H and O–H groups in total. The van der Waals surface area contributed by atoms with Crippen LogP contribution in [0.15, 0.2) is 46.9 Å². The van der Waals surface area contributed by atoms with Gasteiger partial charge in [-0.3, -0.25) is 0 Å². The van der Waals surface area contributed by atoms with Crippen LogP contribution in [0.5, 0.6) is 17.2 Å². The molecule has 0 heterocycles. The minimum absolute atomic E-state index is 0.134. The van der Waals surface area contributed by atoms with Gasteiger partial charge in [-0.2, -0.15) is 0 Å². The smallest absolute Gasteiger partial charge is 0.339 e. The second-order valence-corrected chi connectivity index (χ2v) is 5.38. The average molecular weight is 381 g/mol. The van der Waals surface area contributed by atoms with Crippen LogP contribution in [0.4, 0.5) is 0 Å². The first-order chi connectivity index (χ1) is 11.1. The fraction of sp³-hybridized carbons (Fsp3) is 0.235. The van der Waals surface area contributed by atoms with E-state index >= 15 is 0 Å². The van der Waals surface area contributed by atoms with E-state index in [4.69, 9.17) is 19.3 Å². The van der Waals surface area contributed by atoms with E-state index in [1.54, 1.807) is 24.3 Å². The number of hydrogen-bond donors (Lipinski definition) is 1. The molecule has 0 saturated heterocycles. The molecule has 0 spiro atoms. The Morgan fingerprint density at radius 1 is 1.04 bits per heavy atom. The summed E-state index contributed by atoms with van der Waals surface area (Å²) < 4.78 is 17.3.